The Morgan fingerprint density at radius 2 is 1.96 bits per heavy atom. The minimum absolute atomic E-state index is 0.0840. The SMILES string of the molecule is O=C(CCc1ccc(Br)cc1F)N1CC=C(c2ccccc2)CC1. The highest BCUT2D eigenvalue weighted by molar-refractivity contribution is 9.10. The molecule has 0 saturated carbocycles. The van der Waals surface area contributed by atoms with Crippen LogP contribution in [-0.2, 0) is 11.2 Å². The average molecular weight is 388 g/mol. The molecule has 0 fully saturated rings. The van der Waals surface area contributed by atoms with Crippen molar-refractivity contribution < 1.29 is 9.18 Å². The van der Waals surface area contributed by atoms with Gasteiger partial charge in [-0.05, 0) is 41.7 Å². The summed E-state index contributed by atoms with van der Waals surface area (Å²) in [5.74, 6) is -0.178. The molecule has 124 valence electrons. The van der Waals surface area contributed by atoms with Crippen LogP contribution in [-0.4, -0.2) is 23.9 Å². The average Bonchev–Trinajstić information content (AvgIpc) is 2.62. The lowest BCUT2D eigenvalue weighted by Gasteiger charge is -2.27. The second kappa shape index (κ2) is 7.75. The number of benzene rings is 2. The van der Waals surface area contributed by atoms with E-state index in [-0.39, 0.29) is 11.7 Å². The first-order chi connectivity index (χ1) is 11.6. The normalized spacial score (nSPS) is 14.4. The van der Waals surface area contributed by atoms with Gasteiger partial charge in [-0.3, -0.25) is 4.79 Å². The number of nitrogens with zero attached hydrogens (tertiary/aromatic N) is 1. The van der Waals surface area contributed by atoms with Crippen molar-refractivity contribution in [2.24, 2.45) is 0 Å². The first kappa shape index (κ1) is 16.9. The number of aryl methyl sites for hydroxylation is 1. The molecule has 0 N–H and O–H groups in total. The van der Waals surface area contributed by atoms with Crippen molar-refractivity contribution in [3.8, 4) is 0 Å². The van der Waals surface area contributed by atoms with E-state index >= 15 is 0 Å². The van der Waals surface area contributed by atoms with Crippen molar-refractivity contribution in [2.75, 3.05) is 13.1 Å². The van der Waals surface area contributed by atoms with E-state index in [0.29, 0.717) is 29.4 Å². The number of hydrogen-bond acceptors (Lipinski definition) is 1. The van der Waals surface area contributed by atoms with Crippen LogP contribution < -0.4 is 0 Å². The van der Waals surface area contributed by atoms with Crippen LogP contribution in [0.1, 0.15) is 24.0 Å². The summed E-state index contributed by atoms with van der Waals surface area (Å²) in [4.78, 5) is 14.2. The molecule has 0 saturated heterocycles. The van der Waals surface area contributed by atoms with E-state index in [1.165, 1.54) is 17.2 Å². The molecule has 2 aromatic carbocycles. The maximum Gasteiger partial charge on any atom is 0.223 e. The van der Waals surface area contributed by atoms with Gasteiger partial charge in [0.1, 0.15) is 5.82 Å². The van der Waals surface area contributed by atoms with Gasteiger partial charge < -0.3 is 4.90 Å². The Hall–Kier alpha value is -1.94. The summed E-state index contributed by atoms with van der Waals surface area (Å²) in [6.45, 7) is 1.36. The van der Waals surface area contributed by atoms with Crippen molar-refractivity contribution in [1.82, 2.24) is 4.90 Å². The van der Waals surface area contributed by atoms with Crippen molar-refractivity contribution in [1.29, 1.82) is 0 Å². The maximum atomic E-state index is 13.8. The van der Waals surface area contributed by atoms with Gasteiger partial charge in [-0.15, -0.1) is 0 Å². The van der Waals surface area contributed by atoms with E-state index in [9.17, 15) is 9.18 Å². The fourth-order valence-corrected chi connectivity index (χ4v) is 3.27. The smallest absolute Gasteiger partial charge is 0.223 e. The molecule has 0 aliphatic carbocycles. The highest BCUT2D eigenvalue weighted by Crippen LogP contribution is 2.23. The van der Waals surface area contributed by atoms with Crippen molar-refractivity contribution in [3.05, 3.63) is 76.0 Å². The number of carbonyl (C=O) groups excluding carboxylic acids is 1. The molecular weight excluding hydrogens is 369 g/mol. The first-order valence-electron chi connectivity index (χ1n) is 8.09. The quantitative estimate of drug-likeness (QED) is 0.734. The number of carbonyl (C=O) groups is 1. The molecule has 4 heteroatoms. The highest BCUT2D eigenvalue weighted by atomic mass is 79.9. The fraction of sp³-hybridized carbons (Fsp3) is 0.250. The van der Waals surface area contributed by atoms with Crippen molar-refractivity contribution in [3.63, 3.8) is 0 Å². The van der Waals surface area contributed by atoms with Crippen LogP contribution in [0, 0.1) is 5.82 Å². The third-order valence-electron chi connectivity index (χ3n) is 4.33. The maximum absolute atomic E-state index is 13.8. The molecule has 1 aliphatic rings. The Bertz CT molecular complexity index is 757. The summed E-state index contributed by atoms with van der Waals surface area (Å²) in [6, 6.07) is 15.2. The molecule has 2 nitrogen and oxygen atoms in total. The van der Waals surface area contributed by atoms with Gasteiger partial charge in [0.25, 0.3) is 0 Å². The van der Waals surface area contributed by atoms with E-state index in [1.54, 1.807) is 12.1 Å². The third kappa shape index (κ3) is 4.12. The molecule has 2 aromatic rings. The van der Waals surface area contributed by atoms with E-state index in [0.717, 1.165) is 13.0 Å². The third-order valence-corrected chi connectivity index (χ3v) is 4.82. The van der Waals surface area contributed by atoms with E-state index in [2.05, 4.69) is 34.1 Å². The van der Waals surface area contributed by atoms with Crippen LogP contribution in [0.4, 0.5) is 4.39 Å². The lowest BCUT2D eigenvalue weighted by molar-refractivity contribution is -0.130. The topological polar surface area (TPSA) is 20.3 Å². The van der Waals surface area contributed by atoms with Gasteiger partial charge >= 0.3 is 0 Å². The Morgan fingerprint density at radius 3 is 2.62 bits per heavy atom. The second-order valence-electron chi connectivity index (χ2n) is 5.92. The van der Waals surface area contributed by atoms with Crippen molar-refractivity contribution in [2.45, 2.75) is 19.3 Å². The molecule has 3 rings (SSSR count). The molecule has 1 amide bonds. The summed E-state index contributed by atoms with van der Waals surface area (Å²) in [5.41, 5.74) is 3.10. The lowest BCUT2D eigenvalue weighted by atomic mass is 9.99. The van der Waals surface area contributed by atoms with Crippen LogP contribution in [0.15, 0.2) is 59.1 Å². The summed E-state index contributed by atoms with van der Waals surface area (Å²) >= 11 is 3.24. The summed E-state index contributed by atoms with van der Waals surface area (Å²) in [6.07, 6.45) is 3.76. The van der Waals surface area contributed by atoms with Crippen LogP contribution in [0.5, 0.6) is 0 Å². The Morgan fingerprint density at radius 1 is 1.17 bits per heavy atom. The minimum Gasteiger partial charge on any atom is -0.339 e. The molecule has 1 heterocycles. The minimum atomic E-state index is -0.262. The Kier molecular flexibility index (Phi) is 5.46. The molecule has 24 heavy (non-hydrogen) atoms. The van der Waals surface area contributed by atoms with Gasteiger partial charge in [-0.1, -0.05) is 58.4 Å². The van der Waals surface area contributed by atoms with Crippen molar-refractivity contribution >= 4 is 27.4 Å². The second-order valence-corrected chi connectivity index (χ2v) is 6.84. The van der Waals surface area contributed by atoms with Gasteiger partial charge in [-0.2, -0.15) is 0 Å². The summed E-state index contributed by atoms with van der Waals surface area (Å²) in [5, 5.41) is 0. The van der Waals surface area contributed by atoms with Gasteiger partial charge in [0.15, 0.2) is 0 Å². The van der Waals surface area contributed by atoms with Crippen LogP contribution >= 0.6 is 15.9 Å². The fourth-order valence-electron chi connectivity index (χ4n) is 2.93. The number of halogens is 2. The van der Waals surface area contributed by atoms with E-state index in [1.807, 2.05) is 23.1 Å². The lowest BCUT2D eigenvalue weighted by Crippen LogP contribution is -2.34. The zero-order valence-electron chi connectivity index (χ0n) is 13.3. The first-order valence-corrected chi connectivity index (χ1v) is 8.89. The number of rotatable bonds is 4. The zero-order valence-corrected chi connectivity index (χ0v) is 14.9. The largest absolute Gasteiger partial charge is 0.339 e. The molecule has 0 atom stereocenters. The number of amides is 1. The van der Waals surface area contributed by atoms with Gasteiger partial charge in [0, 0.05) is 24.0 Å². The summed E-state index contributed by atoms with van der Waals surface area (Å²) < 4.78 is 14.5. The van der Waals surface area contributed by atoms with Crippen LogP contribution in [0.25, 0.3) is 5.57 Å². The molecule has 0 aromatic heterocycles. The predicted octanol–water partition coefficient (Wildman–Crippen LogP) is 4.84. The van der Waals surface area contributed by atoms with E-state index in [4.69, 9.17) is 0 Å². The summed E-state index contributed by atoms with van der Waals surface area (Å²) in [7, 11) is 0. The molecule has 0 radical (unpaired) electrons. The molecular formula is C20H19BrFNO. The van der Waals surface area contributed by atoms with Gasteiger partial charge in [-0.25, -0.2) is 4.39 Å². The molecule has 0 spiro atoms. The highest BCUT2D eigenvalue weighted by Gasteiger charge is 2.18. The van der Waals surface area contributed by atoms with Crippen LogP contribution in [0.2, 0.25) is 0 Å². The number of hydrogen-bond donors (Lipinski definition) is 0. The van der Waals surface area contributed by atoms with Crippen LogP contribution in [0.3, 0.4) is 0 Å². The zero-order chi connectivity index (χ0) is 16.9. The van der Waals surface area contributed by atoms with Gasteiger partial charge in [0.2, 0.25) is 5.91 Å². The van der Waals surface area contributed by atoms with Gasteiger partial charge in [0.05, 0.1) is 0 Å². The molecule has 1 aliphatic heterocycles. The molecule has 0 unspecified atom stereocenters. The monoisotopic (exact) mass is 387 g/mol. The predicted molar refractivity (Wildman–Crippen MR) is 98.0 cm³/mol. The van der Waals surface area contributed by atoms with E-state index < -0.39 is 0 Å². The standard InChI is InChI=1S/C20H19BrFNO/c21-18-8-6-17(19(22)14-18)7-9-20(24)23-12-10-16(11-13-23)15-4-2-1-3-5-15/h1-6,8,10,14H,7,9,11-13H2. The molecule has 0 bridgehead atoms. The Labute approximate surface area is 150 Å². The Balaban J connectivity index is 1.56.